The molecule has 0 aromatic heterocycles. The Morgan fingerprint density at radius 1 is 1.40 bits per heavy atom. The number of methoxy groups -OCH3 is 1. The van der Waals surface area contributed by atoms with Crippen molar-refractivity contribution >= 4 is 5.91 Å². The highest BCUT2D eigenvalue weighted by molar-refractivity contribution is 5.83. The zero-order valence-corrected chi connectivity index (χ0v) is 11.8. The summed E-state index contributed by atoms with van der Waals surface area (Å²) < 4.78 is 5.04. The smallest absolute Gasteiger partial charge is 0.242 e. The number of aliphatic hydroxyl groups is 1. The van der Waals surface area contributed by atoms with Crippen LogP contribution < -0.4 is 11.3 Å². The van der Waals surface area contributed by atoms with Crippen molar-refractivity contribution in [3.63, 3.8) is 0 Å². The molecule has 6 nitrogen and oxygen atoms in total. The quantitative estimate of drug-likeness (QED) is 0.329. The number of amides is 1. The fourth-order valence-corrected chi connectivity index (χ4v) is 2.04. The Morgan fingerprint density at radius 2 is 2.10 bits per heavy atom. The highest BCUT2D eigenvalue weighted by Crippen LogP contribution is 2.17. The van der Waals surface area contributed by atoms with Crippen LogP contribution in [0.4, 0.5) is 0 Å². The van der Waals surface area contributed by atoms with E-state index in [9.17, 15) is 4.79 Å². The Morgan fingerprint density at radius 3 is 2.65 bits per heavy atom. The second-order valence-corrected chi connectivity index (χ2v) is 4.49. The van der Waals surface area contributed by atoms with Crippen molar-refractivity contribution in [1.29, 1.82) is 0 Å². The van der Waals surface area contributed by atoms with E-state index in [1.165, 1.54) is 0 Å². The summed E-state index contributed by atoms with van der Waals surface area (Å²) in [4.78, 5) is 14.0. The number of nitrogens with zero attached hydrogens (tertiary/aromatic N) is 1. The van der Waals surface area contributed by atoms with Crippen LogP contribution in [0.15, 0.2) is 30.3 Å². The number of carbonyl (C=O) groups excluding carboxylic acids is 1. The van der Waals surface area contributed by atoms with E-state index in [1.54, 1.807) is 7.11 Å². The van der Waals surface area contributed by atoms with Crippen LogP contribution in [0.25, 0.3) is 0 Å². The number of carbonyl (C=O) groups is 1. The van der Waals surface area contributed by atoms with Gasteiger partial charge in [0.05, 0.1) is 19.1 Å². The minimum atomic E-state index is -0.371. The molecule has 0 bridgehead atoms. The number of benzene rings is 1. The van der Waals surface area contributed by atoms with Gasteiger partial charge >= 0.3 is 0 Å². The summed E-state index contributed by atoms with van der Waals surface area (Å²) >= 11 is 0. The Balaban J connectivity index is 2.79. The molecular weight excluding hydrogens is 258 g/mol. The van der Waals surface area contributed by atoms with Gasteiger partial charge in [-0.3, -0.25) is 15.1 Å². The van der Waals surface area contributed by atoms with Crippen LogP contribution in [-0.4, -0.2) is 55.9 Å². The highest BCUT2D eigenvalue weighted by Gasteiger charge is 2.22. The van der Waals surface area contributed by atoms with Gasteiger partial charge in [-0.05, 0) is 5.56 Å². The number of hydrazine groups is 1. The molecule has 0 fully saturated rings. The van der Waals surface area contributed by atoms with Gasteiger partial charge in [-0.25, -0.2) is 5.84 Å². The second-order valence-electron chi connectivity index (χ2n) is 4.49. The fraction of sp³-hybridized carbons (Fsp3) is 0.500. The van der Waals surface area contributed by atoms with Gasteiger partial charge in [-0.15, -0.1) is 0 Å². The molecular formula is C14H23N3O3. The summed E-state index contributed by atoms with van der Waals surface area (Å²) in [5, 5.41) is 9.11. The van der Waals surface area contributed by atoms with Gasteiger partial charge < -0.3 is 9.84 Å². The van der Waals surface area contributed by atoms with Crippen molar-refractivity contribution < 1.29 is 14.6 Å². The number of nitrogens with one attached hydrogen (secondary N) is 1. The Hall–Kier alpha value is -1.47. The van der Waals surface area contributed by atoms with Crippen LogP contribution in [-0.2, 0) is 9.53 Å². The van der Waals surface area contributed by atoms with E-state index in [-0.39, 0.29) is 18.4 Å². The first-order chi connectivity index (χ1) is 9.72. The van der Waals surface area contributed by atoms with Crippen LogP contribution in [0.1, 0.15) is 11.5 Å². The van der Waals surface area contributed by atoms with Gasteiger partial charge in [0.1, 0.15) is 0 Å². The molecule has 1 aromatic carbocycles. The van der Waals surface area contributed by atoms with E-state index < -0.39 is 0 Å². The molecule has 1 unspecified atom stereocenters. The van der Waals surface area contributed by atoms with Crippen molar-refractivity contribution in [2.24, 2.45) is 5.84 Å². The summed E-state index contributed by atoms with van der Waals surface area (Å²) in [6.45, 7) is 2.21. The first-order valence-corrected chi connectivity index (χ1v) is 6.60. The third kappa shape index (κ3) is 5.26. The van der Waals surface area contributed by atoms with Gasteiger partial charge in [0.15, 0.2) is 0 Å². The summed E-state index contributed by atoms with van der Waals surface area (Å²) in [6.07, 6.45) is 0. The molecule has 1 atom stereocenters. The van der Waals surface area contributed by atoms with E-state index in [4.69, 9.17) is 15.7 Å². The van der Waals surface area contributed by atoms with Crippen LogP contribution in [0.2, 0.25) is 0 Å². The van der Waals surface area contributed by atoms with Gasteiger partial charge in [0, 0.05) is 26.7 Å². The average molecular weight is 281 g/mol. The Labute approximate surface area is 119 Å². The average Bonchev–Trinajstić information content (AvgIpc) is 2.50. The molecule has 6 heteroatoms. The lowest BCUT2D eigenvalue weighted by atomic mass is 9.97. The summed E-state index contributed by atoms with van der Waals surface area (Å²) in [5.74, 6) is 4.66. The number of hydrogen-bond donors (Lipinski definition) is 3. The molecule has 1 amide bonds. The molecule has 0 saturated carbocycles. The Kier molecular flexibility index (Phi) is 7.82. The third-order valence-corrected chi connectivity index (χ3v) is 3.13. The minimum Gasteiger partial charge on any atom is -0.395 e. The first kappa shape index (κ1) is 16.6. The summed E-state index contributed by atoms with van der Waals surface area (Å²) in [7, 11) is 1.62. The van der Waals surface area contributed by atoms with Crippen molar-refractivity contribution in [3.05, 3.63) is 35.9 Å². The second kappa shape index (κ2) is 9.44. The third-order valence-electron chi connectivity index (χ3n) is 3.13. The first-order valence-electron chi connectivity index (χ1n) is 6.60. The number of hydrogen-bond acceptors (Lipinski definition) is 5. The number of rotatable bonds is 9. The molecule has 0 aliphatic rings. The van der Waals surface area contributed by atoms with E-state index >= 15 is 0 Å². The topological polar surface area (TPSA) is 87.8 Å². The van der Waals surface area contributed by atoms with Crippen LogP contribution >= 0.6 is 0 Å². The summed E-state index contributed by atoms with van der Waals surface area (Å²) in [5.41, 5.74) is 3.11. The molecule has 20 heavy (non-hydrogen) atoms. The molecule has 0 aliphatic carbocycles. The molecule has 112 valence electrons. The SMILES string of the molecule is COCCN(CCO)CC(C(=O)NN)c1ccccc1. The van der Waals surface area contributed by atoms with Crippen LogP contribution in [0.3, 0.4) is 0 Å². The lowest BCUT2D eigenvalue weighted by Gasteiger charge is -2.26. The maximum absolute atomic E-state index is 12.0. The maximum atomic E-state index is 12.0. The molecule has 1 aromatic rings. The number of nitrogens with two attached hydrogens (primary N) is 1. The molecule has 0 spiro atoms. The largest absolute Gasteiger partial charge is 0.395 e. The van der Waals surface area contributed by atoms with E-state index in [2.05, 4.69) is 5.43 Å². The van der Waals surface area contributed by atoms with Gasteiger partial charge in [-0.1, -0.05) is 30.3 Å². The van der Waals surface area contributed by atoms with Crippen LogP contribution in [0, 0.1) is 0 Å². The van der Waals surface area contributed by atoms with Gasteiger partial charge in [0.25, 0.3) is 0 Å². The predicted molar refractivity (Wildman–Crippen MR) is 76.9 cm³/mol. The van der Waals surface area contributed by atoms with E-state index in [0.717, 1.165) is 5.56 Å². The number of ether oxygens (including phenoxy) is 1. The van der Waals surface area contributed by atoms with Crippen molar-refractivity contribution in [2.75, 3.05) is 40.0 Å². The standard InChI is InChI=1S/C14H23N3O3/c1-20-10-8-17(7-9-18)11-13(14(19)16-15)12-5-3-2-4-6-12/h2-6,13,18H,7-11,15H2,1H3,(H,16,19). The highest BCUT2D eigenvalue weighted by atomic mass is 16.5. The molecule has 4 N–H and O–H groups in total. The zero-order valence-electron chi connectivity index (χ0n) is 11.8. The summed E-state index contributed by atoms with van der Waals surface area (Å²) in [6, 6.07) is 9.47. The fourth-order valence-electron chi connectivity index (χ4n) is 2.04. The lowest BCUT2D eigenvalue weighted by Crippen LogP contribution is -2.42. The lowest BCUT2D eigenvalue weighted by molar-refractivity contribution is -0.123. The minimum absolute atomic E-state index is 0.0372. The molecule has 0 aliphatic heterocycles. The van der Waals surface area contributed by atoms with Crippen LogP contribution in [0.5, 0.6) is 0 Å². The van der Waals surface area contributed by atoms with Crippen molar-refractivity contribution in [1.82, 2.24) is 10.3 Å². The number of aliphatic hydroxyl groups excluding tert-OH is 1. The monoisotopic (exact) mass is 281 g/mol. The maximum Gasteiger partial charge on any atom is 0.242 e. The van der Waals surface area contributed by atoms with E-state index in [1.807, 2.05) is 35.2 Å². The molecule has 1 rings (SSSR count). The van der Waals surface area contributed by atoms with Crippen molar-refractivity contribution in [3.8, 4) is 0 Å². The van der Waals surface area contributed by atoms with E-state index in [0.29, 0.717) is 26.2 Å². The molecule has 0 radical (unpaired) electrons. The Bertz CT molecular complexity index is 387. The zero-order chi connectivity index (χ0) is 14.8. The van der Waals surface area contributed by atoms with Gasteiger partial charge in [-0.2, -0.15) is 0 Å². The van der Waals surface area contributed by atoms with Crippen molar-refractivity contribution in [2.45, 2.75) is 5.92 Å². The molecule has 0 saturated heterocycles. The predicted octanol–water partition coefficient (Wildman–Crippen LogP) is -0.299. The van der Waals surface area contributed by atoms with Gasteiger partial charge in [0.2, 0.25) is 5.91 Å². The normalized spacial score (nSPS) is 12.4. The molecule has 0 heterocycles.